The number of hydrogen-bond donors (Lipinski definition) is 1. The molecule has 0 heterocycles. The Bertz CT molecular complexity index is 476. The lowest BCUT2D eigenvalue weighted by atomic mass is 10.1. The van der Waals surface area contributed by atoms with Crippen molar-refractivity contribution in [3.63, 3.8) is 0 Å². The highest BCUT2D eigenvalue weighted by Gasteiger charge is 2.05. The molecule has 0 amide bonds. The molecule has 0 saturated carbocycles. The van der Waals surface area contributed by atoms with Crippen LogP contribution in [0.1, 0.15) is 17.5 Å². The summed E-state index contributed by atoms with van der Waals surface area (Å²) in [5.41, 5.74) is 2.18. The van der Waals surface area contributed by atoms with Gasteiger partial charge in [-0.25, -0.2) is 13.6 Å². The van der Waals surface area contributed by atoms with Crippen molar-refractivity contribution in [3.05, 3.63) is 27.7 Å². The number of ether oxygens (including phenoxy) is 1. The van der Waals surface area contributed by atoms with Gasteiger partial charge in [0, 0.05) is 4.47 Å². The van der Waals surface area contributed by atoms with Gasteiger partial charge in [0.15, 0.2) is 0 Å². The Hall–Kier alpha value is -0.590. The van der Waals surface area contributed by atoms with Crippen LogP contribution in [0.2, 0.25) is 0 Å². The Labute approximate surface area is 110 Å². The van der Waals surface area contributed by atoms with Gasteiger partial charge in [-0.15, -0.1) is 0 Å². The van der Waals surface area contributed by atoms with E-state index in [4.69, 9.17) is 9.88 Å². The first-order chi connectivity index (χ1) is 7.79. The number of primary sulfonamides is 1. The summed E-state index contributed by atoms with van der Waals surface area (Å²) in [4.78, 5) is 0. The first-order valence-electron chi connectivity index (χ1n) is 5.19. The van der Waals surface area contributed by atoms with Crippen molar-refractivity contribution in [3.8, 4) is 5.75 Å². The second kappa shape index (κ2) is 5.84. The zero-order chi connectivity index (χ0) is 13.1. The van der Waals surface area contributed by atoms with Crippen LogP contribution in [-0.2, 0) is 10.0 Å². The first kappa shape index (κ1) is 14.5. The van der Waals surface area contributed by atoms with Crippen molar-refractivity contribution in [2.24, 2.45) is 5.14 Å². The molecular formula is C11H16BrNO3S. The minimum atomic E-state index is -3.39. The lowest BCUT2D eigenvalue weighted by Crippen LogP contribution is -2.18. The van der Waals surface area contributed by atoms with E-state index in [0.717, 1.165) is 21.3 Å². The fraction of sp³-hybridized carbons (Fsp3) is 0.455. The Morgan fingerprint density at radius 1 is 1.29 bits per heavy atom. The van der Waals surface area contributed by atoms with Crippen LogP contribution >= 0.6 is 15.9 Å². The van der Waals surface area contributed by atoms with E-state index in [-0.39, 0.29) is 5.75 Å². The molecule has 0 aliphatic heterocycles. The molecule has 6 heteroatoms. The van der Waals surface area contributed by atoms with Crippen LogP contribution in [0.3, 0.4) is 0 Å². The van der Waals surface area contributed by atoms with Crippen LogP contribution in [0.25, 0.3) is 0 Å². The third-order valence-electron chi connectivity index (χ3n) is 2.25. The second-order valence-corrected chi connectivity index (χ2v) is 6.47. The van der Waals surface area contributed by atoms with Gasteiger partial charge in [-0.2, -0.15) is 0 Å². The predicted octanol–water partition coefficient (Wildman–Crippen LogP) is 2.12. The fourth-order valence-corrected chi connectivity index (χ4v) is 2.19. The molecule has 2 N–H and O–H groups in total. The third kappa shape index (κ3) is 5.06. The van der Waals surface area contributed by atoms with Gasteiger partial charge >= 0.3 is 0 Å². The molecule has 0 aliphatic carbocycles. The van der Waals surface area contributed by atoms with Gasteiger partial charge in [0.05, 0.1) is 12.4 Å². The molecule has 0 spiro atoms. The number of aryl methyl sites for hydroxylation is 2. The van der Waals surface area contributed by atoms with Gasteiger partial charge in [-0.1, -0.05) is 15.9 Å². The van der Waals surface area contributed by atoms with E-state index in [9.17, 15) is 8.42 Å². The number of rotatable bonds is 5. The van der Waals surface area contributed by atoms with Crippen LogP contribution in [0.4, 0.5) is 0 Å². The molecule has 96 valence electrons. The molecule has 1 aromatic carbocycles. The van der Waals surface area contributed by atoms with Gasteiger partial charge in [0.25, 0.3) is 0 Å². The average molecular weight is 322 g/mol. The van der Waals surface area contributed by atoms with Crippen LogP contribution in [-0.4, -0.2) is 20.8 Å². The van der Waals surface area contributed by atoms with E-state index in [1.54, 1.807) is 0 Å². The maximum Gasteiger partial charge on any atom is 0.209 e. The molecular weight excluding hydrogens is 306 g/mol. The fourth-order valence-electron chi connectivity index (χ4n) is 1.44. The molecule has 0 bridgehead atoms. The van der Waals surface area contributed by atoms with Gasteiger partial charge in [0.2, 0.25) is 10.0 Å². The van der Waals surface area contributed by atoms with E-state index >= 15 is 0 Å². The molecule has 0 radical (unpaired) electrons. The molecule has 1 rings (SSSR count). The predicted molar refractivity (Wildman–Crippen MR) is 71.7 cm³/mol. The van der Waals surface area contributed by atoms with E-state index in [0.29, 0.717) is 13.0 Å². The van der Waals surface area contributed by atoms with Crippen LogP contribution in [0.5, 0.6) is 5.75 Å². The van der Waals surface area contributed by atoms with Crippen LogP contribution < -0.4 is 9.88 Å². The van der Waals surface area contributed by atoms with Crippen molar-refractivity contribution >= 4 is 26.0 Å². The van der Waals surface area contributed by atoms with Crippen molar-refractivity contribution in [1.82, 2.24) is 0 Å². The monoisotopic (exact) mass is 321 g/mol. The molecule has 0 atom stereocenters. The Kier molecular flexibility index (Phi) is 4.97. The molecule has 0 unspecified atom stereocenters. The first-order valence-corrected chi connectivity index (χ1v) is 7.70. The quantitative estimate of drug-likeness (QED) is 0.844. The van der Waals surface area contributed by atoms with Gasteiger partial charge in [-0.3, -0.25) is 0 Å². The summed E-state index contributed by atoms with van der Waals surface area (Å²) >= 11 is 3.47. The van der Waals surface area contributed by atoms with E-state index in [1.165, 1.54) is 0 Å². The lowest BCUT2D eigenvalue weighted by Gasteiger charge is -2.09. The third-order valence-corrected chi connectivity index (χ3v) is 4.36. The summed E-state index contributed by atoms with van der Waals surface area (Å²) in [5.74, 6) is 0.694. The van der Waals surface area contributed by atoms with Crippen molar-refractivity contribution in [2.75, 3.05) is 12.4 Å². The highest BCUT2D eigenvalue weighted by molar-refractivity contribution is 9.10. The molecule has 17 heavy (non-hydrogen) atoms. The highest BCUT2D eigenvalue weighted by Crippen LogP contribution is 2.26. The molecule has 0 aliphatic rings. The SMILES string of the molecule is Cc1cc(OCCCS(N)(=O)=O)cc(C)c1Br. The number of halogens is 1. The van der Waals surface area contributed by atoms with Crippen LogP contribution in [0.15, 0.2) is 16.6 Å². The number of sulfonamides is 1. The largest absolute Gasteiger partial charge is 0.494 e. The summed E-state index contributed by atoms with van der Waals surface area (Å²) in [6.45, 7) is 4.31. The molecule has 0 fully saturated rings. The molecule has 0 saturated heterocycles. The zero-order valence-corrected chi connectivity index (χ0v) is 12.3. The van der Waals surface area contributed by atoms with Gasteiger partial charge < -0.3 is 4.74 Å². The number of benzene rings is 1. The normalized spacial score (nSPS) is 11.5. The minimum Gasteiger partial charge on any atom is -0.494 e. The van der Waals surface area contributed by atoms with Gasteiger partial charge in [0.1, 0.15) is 5.75 Å². The summed E-state index contributed by atoms with van der Waals surface area (Å²) < 4.78 is 28.0. The molecule has 0 aromatic heterocycles. The topological polar surface area (TPSA) is 69.4 Å². The lowest BCUT2D eigenvalue weighted by molar-refractivity contribution is 0.317. The summed E-state index contributed by atoms with van der Waals surface area (Å²) in [6.07, 6.45) is 0.396. The minimum absolute atomic E-state index is 0.0541. The maximum absolute atomic E-state index is 10.7. The van der Waals surface area contributed by atoms with E-state index < -0.39 is 10.0 Å². The Balaban J connectivity index is 2.53. The Morgan fingerprint density at radius 2 is 1.82 bits per heavy atom. The molecule has 1 aromatic rings. The number of hydrogen-bond acceptors (Lipinski definition) is 3. The summed E-state index contributed by atoms with van der Waals surface area (Å²) in [7, 11) is -3.39. The second-order valence-electron chi connectivity index (χ2n) is 3.94. The van der Waals surface area contributed by atoms with Crippen molar-refractivity contribution < 1.29 is 13.2 Å². The Morgan fingerprint density at radius 3 is 2.29 bits per heavy atom. The average Bonchev–Trinajstić information content (AvgIpc) is 2.19. The standard InChI is InChI=1S/C11H16BrNO3S/c1-8-6-10(7-9(2)11(8)12)16-4-3-5-17(13,14)15/h6-7H,3-5H2,1-2H3,(H2,13,14,15). The van der Waals surface area contributed by atoms with Crippen LogP contribution in [0, 0.1) is 13.8 Å². The number of nitrogens with two attached hydrogens (primary N) is 1. The van der Waals surface area contributed by atoms with E-state index in [1.807, 2.05) is 26.0 Å². The molecule has 4 nitrogen and oxygen atoms in total. The summed E-state index contributed by atoms with van der Waals surface area (Å²) in [5, 5.41) is 4.89. The van der Waals surface area contributed by atoms with Crippen molar-refractivity contribution in [1.29, 1.82) is 0 Å². The maximum atomic E-state index is 10.7. The highest BCUT2D eigenvalue weighted by atomic mass is 79.9. The van der Waals surface area contributed by atoms with E-state index in [2.05, 4.69) is 15.9 Å². The zero-order valence-electron chi connectivity index (χ0n) is 9.86. The summed E-state index contributed by atoms with van der Waals surface area (Å²) in [6, 6.07) is 3.82. The van der Waals surface area contributed by atoms with Gasteiger partial charge in [-0.05, 0) is 43.5 Å². The smallest absolute Gasteiger partial charge is 0.209 e. The van der Waals surface area contributed by atoms with Crippen molar-refractivity contribution in [2.45, 2.75) is 20.3 Å².